The number of nitrogens with zero attached hydrogens (tertiary/aromatic N) is 1. The number of nitro groups is 1. The van der Waals surface area contributed by atoms with Gasteiger partial charge in [0.2, 0.25) is 0 Å². The summed E-state index contributed by atoms with van der Waals surface area (Å²) in [6, 6.07) is 19.1. The number of nitrogens with one attached hydrogen (secondary N) is 1. The Bertz CT molecular complexity index is 1520. The van der Waals surface area contributed by atoms with Crippen molar-refractivity contribution in [2.75, 3.05) is 7.11 Å². The van der Waals surface area contributed by atoms with Crippen molar-refractivity contribution in [2.45, 2.75) is 19.4 Å². The van der Waals surface area contributed by atoms with E-state index in [9.17, 15) is 19.7 Å². The molecule has 2 aliphatic rings. The molecule has 9 heteroatoms. The molecule has 186 valence electrons. The summed E-state index contributed by atoms with van der Waals surface area (Å²) in [5, 5.41) is 14.1. The minimum absolute atomic E-state index is 0.0201. The lowest BCUT2D eigenvalue weighted by molar-refractivity contribution is -0.384. The van der Waals surface area contributed by atoms with E-state index in [0.29, 0.717) is 33.9 Å². The van der Waals surface area contributed by atoms with Gasteiger partial charge in [-0.3, -0.25) is 14.9 Å². The molecule has 5 rings (SSSR count). The Kier molecular flexibility index (Phi) is 6.55. The molecular weight excluding hydrogens is 587 g/mol. The first-order valence-corrected chi connectivity index (χ1v) is 12.5. The number of hydrogen-bond acceptors (Lipinski definition) is 7. The van der Waals surface area contributed by atoms with Gasteiger partial charge in [-0.15, -0.1) is 0 Å². The van der Waals surface area contributed by atoms with Gasteiger partial charge >= 0.3 is 5.97 Å². The third-order valence-corrected chi connectivity index (χ3v) is 7.33. The molecule has 0 fully saturated rings. The van der Waals surface area contributed by atoms with Gasteiger partial charge in [0.1, 0.15) is 12.4 Å². The van der Waals surface area contributed by atoms with Crippen molar-refractivity contribution >= 4 is 45.7 Å². The second-order valence-corrected chi connectivity index (χ2v) is 9.82. The van der Waals surface area contributed by atoms with Gasteiger partial charge in [-0.05, 0) is 64.9 Å². The van der Waals surface area contributed by atoms with E-state index < -0.39 is 16.8 Å². The van der Waals surface area contributed by atoms with Crippen molar-refractivity contribution in [3.8, 4) is 5.75 Å². The summed E-state index contributed by atoms with van der Waals surface area (Å²) in [6.45, 7) is 2.04. The van der Waals surface area contributed by atoms with Crippen molar-refractivity contribution in [1.82, 2.24) is 5.32 Å². The van der Waals surface area contributed by atoms with Gasteiger partial charge in [0.15, 0.2) is 5.78 Å². The Morgan fingerprint density at radius 1 is 1.08 bits per heavy atom. The summed E-state index contributed by atoms with van der Waals surface area (Å²) in [5.41, 5.74) is 5.24. The fourth-order valence-electron chi connectivity index (χ4n) is 4.73. The SMILES string of the molecule is COC(=O)C1=C(C)NC2=C(C(=O)c3ccccc32)[C@H]1c1ccc(OCc2ccc([N+](=O)[O-])cc2)c(I)c1. The smallest absolute Gasteiger partial charge is 0.336 e. The van der Waals surface area contributed by atoms with Crippen molar-refractivity contribution in [3.05, 3.63) is 120 Å². The highest BCUT2D eigenvalue weighted by Gasteiger charge is 2.42. The van der Waals surface area contributed by atoms with Gasteiger partial charge in [-0.1, -0.05) is 30.3 Å². The van der Waals surface area contributed by atoms with Gasteiger partial charge in [0.25, 0.3) is 5.69 Å². The van der Waals surface area contributed by atoms with Crippen LogP contribution in [0.15, 0.2) is 83.6 Å². The van der Waals surface area contributed by atoms with E-state index in [1.165, 1.54) is 19.2 Å². The molecule has 0 saturated heterocycles. The van der Waals surface area contributed by atoms with Crippen LogP contribution < -0.4 is 10.1 Å². The average Bonchev–Trinajstić information content (AvgIpc) is 3.18. The van der Waals surface area contributed by atoms with Crippen LogP contribution in [0.25, 0.3) is 5.70 Å². The molecule has 8 nitrogen and oxygen atoms in total. The molecule has 0 amide bonds. The van der Waals surface area contributed by atoms with E-state index in [2.05, 4.69) is 27.9 Å². The zero-order valence-corrected chi connectivity index (χ0v) is 22.1. The van der Waals surface area contributed by atoms with Crippen LogP contribution in [0, 0.1) is 13.7 Å². The zero-order chi connectivity index (χ0) is 26.3. The van der Waals surface area contributed by atoms with Crippen LogP contribution in [-0.2, 0) is 16.1 Å². The number of carbonyl (C=O) groups is 2. The Morgan fingerprint density at radius 3 is 2.43 bits per heavy atom. The number of allylic oxidation sites excluding steroid dienone is 2. The number of carbonyl (C=O) groups excluding carboxylic acids is 2. The summed E-state index contributed by atoms with van der Waals surface area (Å²) in [7, 11) is 1.33. The van der Waals surface area contributed by atoms with Crippen molar-refractivity contribution in [2.24, 2.45) is 0 Å². The summed E-state index contributed by atoms with van der Waals surface area (Å²) in [4.78, 5) is 36.8. The number of methoxy groups -OCH3 is 1. The van der Waals surface area contributed by atoms with E-state index in [1.54, 1.807) is 25.1 Å². The number of ether oxygens (including phenoxy) is 2. The Hall–Kier alpha value is -3.99. The molecule has 0 saturated carbocycles. The highest BCUT2D eigenvalue weighted by atomic mass is 127. The van der Waals surface area contributed by atoms with Crippen molar-refractivity contribution in [3.63, 3.8) is 0 Å². The minimum Gasteiger partial charge on any atom is -0.488 e. The number of non-ortho nitro benzene ring substituents is 1. The van der Waals surface area contributed by atoms with E-state index in [4.69, 9.17) is 9.47 Å². The predicted octanol–water partition coefficient (Wildman–Crippen LogP) is 5.52. The fourth-order valence-corrected chi connectivity index (χ4v) is 5.43. The van der Waals surface area contributed by atoms with Crippen LogP contribution in [0.5, 0.6) is 5.75 Å². The maximum Gasteiger partial charge on any atom is 0.336 e. The molecule has 3 aromatic carbocycles. The normalized spacial score (nSPS) is 16.2. The molecule has 1 heterocycles. The molecule has 0 aromatic heterocycles. The van der Waals surface area contributed by atoms with Gasteiger partial charge in [-0.2, -0.15) is 0 Å². The number of esters is 1. The average molecular weight is 608 g/mol. The first-order chi connectivity index (χ1) is 17.8. The van der Waals surface area contributed by atoms with E-state index in [-0.39, 0.29) is 18.1 Å². The third kappa shape index (κ3) is 4.39. The lowest BCUT2D eigenvalue weighted by Crippen LogP contribution is -2.29. The lowest BCUT2D eigenvalue weighted by atomic mass is 9.80. The first kappa shape index (κ1) is 24.7. The van der Waals surface area contributed by atoms with Crippen molar-refractivity contribution in [1.29, 1.82) is 0 Å². The molecular formula is C28H21IN2O6. The number of hydrogen-bond donors (Lipinski definition) is 1. The monoisotopic (exact) mass is 608 g/mol. The largest absolute Gasteiger partial charge is 0.488 e. The van der Waals surface area contributed by atoms with Crippen LogP contribution in [0.1, 0.15) is 39.9 Å². The molecule has 0 unspecified atom stereocenters. The Morgan fingerprint density at radius 2 is 1.78 bits per heavy atom. The van der Waals surface area contributed by atoms with Gasteiger partial charge in [-0.25, -0.2) is 4.79 Å². The van der Waals surface area contributed by atoms with E-state index in [0.717, 1.165) is 20.3 Å². The van der Waals surface area contributed by atoms with Crippen LogP contribution >= 0.6 is 22.6 Å². The van der Waals surface area contributed by atoms with Crippen LogP contribution in [-0.4, -0.2) is 23.8 Å². The lowest BCUT2D eigenvalue weighted by Gasteiger charge is -2.29. The number of nitro benzene ring substituents is 1. The molecule has 0 radical (unpaired) electrons. The number of benzene rings is 3. The standard InChI is InChI=1S/C28H21IN2O6/c1-15-23(28(33)36-2)24(25-26(30-15)19-5-3-4-6-20(19)27(25)32)17-9-12-22(21(29)13-17)37-14-16-7-10-18(11-8-16)31(34)35/h3-13,24,30H,14H2,1-2H3/t24-/m0/s1. The fraction of sp³-hybridized carbons (Fsp3) is 0.143. The molecule has 1 aliphatic heterocycles. The van der Waals surface area contributed by atoms with Gasteiger partial charge in [0.05, 0.1) is 26.9 Å². The van der Waals surface area contributed by atoms with Crippen LogP contribution in [0.2, 0.25) is 0 Å². The molecule has 0 spiro atoms. The maximum atomic E-state index is 13.5. The zero-order valence-electron chi connectivity index (χ0n) is 19.9. The number of fused-ring (bicyclic) bond motifs is 2. The molecule has 1 atom stereocenters. The number of rotatable bonds is 6. The molecule has 1 N–H and O–H groups in total. The molecule has 3 aromatic rings. The number of ketones is 1. The molecule has 37 heavy (non-hydrogen) atoms. The minimum atomic E-state index is -0.610. The topological polar surface area (TPSA) is 108 Å². The summed E-state index contributed by atoms with van der Waals surface area (Å²) in [5.74, 6) is -0.614. The second kappa shape index (κ2) is 9.81. The summed E-state index contributed by atoms with van der Waals surface area (Å²) in [6.07, 6.45) is 0. The number of dihydropyridines is 1. The first-order valence-electron chi connectivity index (χ1n) is 11.4. The van der Waals surface area contributed by atoms with Crippen LogP contribution in [0.3, 0.4) is 0 Å². The number of Topliss-reactive ketones (excluding diaryl/α,β-unsaturated/α-hetero) is 1. The predicted molar refractivity (Wildman–Crippen MR) is 145 cm³/mol. The molecule has 1 aliphatic carbocycles. The summed E-state index contributed by atoms with van der Waals surface area (Å²) >= 11 is 2.16. The van der Waals surface area contributed by atoms with Crippen LogP contribution in [0.4, 0.5) is 5.69 Å². The van der Waals surface area contributed by atoms with E-state index in [1.807, 2.05) is 36.4 Å². The van der Waals surface area contributed by atoms with E-state index >= 15 is 0 Å². The van der Waals surface area contributed by atoms with Gasteiger partial charge < -0.3 is 14.8 Å². The number of halogens is 1. The maximum absolute atomic E-state index is 13.5. The highest BCUT2D eigenvalue weighted by molar-refractivity contribution is 14.1. The molecule has 0 bridgehead atoms. The quantitative estimate of drug-likeness (QED) is 0.170. The van der Waals surface area contributed by atoms with Crippen molar-refractivity contribution < 1.29 is 24.0 Å². The Balaban J connectivity index is 1.49. The van der Waals surface area contributed by atoms with Gasteiger partial charge in [0, 0.05) is 40.4 Å². The Labute approximate surface area is 226 Å². The summed E-state index contributed by atoms with van der Waals surface area (Å²) < 4.78 is 11.9. The second-order valence-electron chi connectivity index (χ2n) is 8.65. The highest BCUT2D eigenvalue weighted by Crippen LogP contribution is 2.47. The third-order valence-electron chi connectivity index (χ3n) is 6.48.